The van der Waals surface area contributed by atoms with E-state index in [0.29, 0.717) is 18.5 Å². The SMILES string of the molecule is CNC(C)c1cnn(Cc2ncnn2CC(C)C)c1. The van der Waals surface area contributed by atoms with Crippen LogP contribution in [-0.2, 0) is 13.1 Å². The second kappa shape index (κ2) is 5.97. The molecule has 2 heterocycles. The van der Waals surface area contributed by atoms with Gasteiger partial charge in [-0.25, -0.2) is 9.67 Å². The fourth-order valence-corrected chi connectivity index (χ4v) is 1.91. The van der Waals surface area contributed by atoms with Gasteiger partial charge in [0, 0.05) is 24.3 Å². The minimum atomic E-state index is 0.308. The molecule has 0 radical (unpaired) electrons. The summed E-state index contributed by atoms with van der Waals surface area (Å²) in [5.74, 6) is 1.50. The van der Waals surface area contributed by atoms with Crippen molar-refractivity contribution >= 4 is 0 Å². The maximum absolute atomic E-state index is 4.38. The van der Waals surface area contributed by atoms with Crippen molar-refractivity contribution in [1.82, 2.24) is 29.9 Å². The van der Waals surface area contributed by atoms with Gasteiger partial charge in [-0.2, -0.15) is 10.2 Å². The topological polar surface area (TPSA) is 60.6 Å². The summed E-state index contributed by atoms with van der Waals surface area (Å²) in [5.41, 5.74) is 1.18. The zero-order chi connectivity index (χ0) is 13.8. The van der Waals surface area contributed by atoms with Crippen LogP contribution in [0.4, 0.5) is 0 Å². The van der Waals surface area contributed by atoms with Crippen molar-refractivity contribution in [3.8, 4) is 0 Å². The van der Waals surface area contributed by atoms with Crippen LogP contribution in [0.25, 0.3) is 0 Å². The molecule has 0 aliphatic carbocycles. The van der Waals surface area contributed by atoms with E-state index in [4.69, 9.17) is 0 Å². The lowest BCUT2D eigenvalue weighted by molar-refractivity contribution is 0.456. The van der Waals surface area contributed by atoms with Gasteiger partial charge in [0.1, 0.15) is 18.7 Å². The van der Waals surface area contributed by atoms with Crippen molar-refractivity contribution in [3.05, 3.63) is 30.1 Å². The van der Waals surface area contributed by atoms with Crippen LogP contribution in [0.2, 0.25) is 0 Å². The zero-order valence-electron chi connectivity index (χ0n) is 12.0. The van der Waals surface area contributed by atoms with Gasteiger partial charge in [-0.3, -0.25) is 4.68 Å². The van der Waals surface area contributed by atoms with Gasteiger partial charge < -0.3 is 5.32 Å². The summed E-state index contributed by atoms with van der Waals surface area (Å²) in [7, 11) is 1.95. The van der Waals surface area contributed by atoms with E-state index in [9.17, 15) is 0 Å². The highest BCUT2D eigenvalue weighted by Gasteiger charge is 2.09. The second-order valence-corrected chi connectivity index (χ2v) is 5.23. The molecule has 0 spiro atoms. The molecule has 6 nitrogen and oxygen atoms in total. The van der Waals surface area contributed by atoms with Gasteiger partial charge in [0.25, 0.3) is 0 Å². The van der Waals surface area contributed by atoms with Crippen LogP contribution in [0, 0.1) is 5.92 Å². The molecule has 0 aliphatic rings. The van der Waals surface area contributed by atoms with E-state index in [2.05, 4.69) is 47.5 Å². The molecule has 0 saturated heterocycles. The van der Waals surface area contributed by atoms with Crippen molar-refractivity contribution in [2.75, 3.05) is 7.05 Å². The van der Waals surface area contributed by atoms with Gasteiger partial charge in [-0.15, -0.1) is 0 Å². The van der Waals surface area contributed by atoms with E-state index in [1.54, 1.807) is 6.33 Å². The average Bonchev–Trinajstić information content (AvgIpc) is 2.99. The molecule has 0 saturated carbocycles. The first-order valence-corrected chi connectivity index (χ1v) is 6.66. The Morgan fingerprint density at radius 3 is 2.74 bits per heavy atom. The van der Waals surface area contributed by atoms with Crippen LogP contribution >= 0.6 is 0 Å². The maximum atomic E-state index is 4.38. The molecular weight excluding hydrogens is 240 g/mol. The molecule has 6 heteroatoms. The molecule has 0 bridgehead atoms. The minimum Gasteiger partial charge on any atom is -0.313 e. The predicted molar refractivity (Wildman–Crippen MR) is 73.7 cm³/mol. The van der Waals surface area contributed by atoms with Crippen molar-refractivity contribution in [2.24, 2.45) is 5.92 Å². The quantitative estimate of drug-likeness (QED) is 0.856. The molecule has 1 atom stereocenters. The summed E-state index contributed by atoms with van der Waals surface area (Å²) < 4.78 is 3.86. The third-order valence-electron chi connectivity index (χ3n) is 3.12. The van der Waals surface area contributed by atoms with Crippen LogP contribution in [-0.4, -0.2) is 31.6 Å². The molecule has 2 aromatic heterocycles. The van der Waals surface area contributed by atoms with E-state index in [1.165, 1.54) is 5.56 Å². The standard InChI is InChI=1S/C13H22N6/c1-10(2)6-19-13(15-9-17-19)8-18-7-12(5-16-18)11(3)14-4/h5,7,9-11,14H,6,8H2,1-4H3. The van der Waals surface area contributed by atoms with Crippen molar-refractivity contribution in [2.45, 2.75) is 39.9 Å². The molecule has 1 unspecified atom stereocenters. The Hall–Kier alpha value is -1.69. The maximum Gasteiger partial charge on any atom is 0.148 e. The van der Waals surface area contributed by atoms with E-state index >= 15 is 0 Å². The highest BCUT2D eigenvalue weighted by molar-refractivity contribution is 5.09. The van der Waals surface area contributed by atoms with Crippen LogP contribution in [0.1, 0.15) is 38.2 Å². The highest BCUT2D eigenvalue weighted by Crippen LogP contribution is 2.11. The number of rotatable bonds is 6. The molecule has 0 fully saturated rings. The van der Waals surface area contributed by atoms with Gasteiger partial charge in [0.05, 0.1) is 6.20 Å². The Balaban J connectivity index is 2.09. The summed E-state index contributed by atoms with van der Waals surface area (Å²) in [4.78, 5) is 4.31. The van der Waals surface area contributed by atoms with Crippen molar-refractivity contribution in [3.63, 3.8) is 0 Å². The summed E-state index contributed by atoms with van der Waals surface area (Å²) in [6, 6.07) is 0.308. The molecule has 104 valence electrons. The lowest BCUT2D eigenvalue weighted by Gasteiger charge is -2.08. The largest absolute Gasteiger partial charge is 0.313 e. The Morgan fingerprint density at radius 2 is 2.05 bits per heavy atom. The van der Waals surface area contributed by atoms with E-state index in [0.717, 1.165) is 12.4 Å². The molecule has 1 N–H and O–H groups in total. The van der Waals surface area contributed by atoms with Gasteiger partial charge in [0.15, 0.2) is 0 Å². The van der Waals surface area contributed by atoms with Crippen molar-refractivity contribution < 1.29 is 0 Å². The number of hydrogen-bond donors (Lipinski definition) is 1. The molecule has 19 heavy (non-hydrogen) atoms. The predicted octanol–water partition coefficient (Wildman–Crippen LogP) is 1.46. The van der Waals surface area contributed by atoms with Crippen LogP contribution in [0.5, 0.6) is 0 Å². The monoisotopic (exact) mass is 262 g/mol. The Kier molecular flexibility index (Phi) is 4.31. The second-order valence-electron chi connectivity index (χ2n) is 5.23. The third kappa shape index (κ3) is 3.41. The molecular formula is C13H22N6. The van der Waals surface area contributed by atoms with Crippen LogP contribution in [0.3, 0.4) is 0 Å². The normalized spacial score (nSPS) is 13.1. The number of hydrogen-bond acceptors (Lipinski definition) is 4. The van der Waals surface area contributed by atoms with Gasteiger partial charge in [-0.05, 0) is 19.9 Å². The van der Waals surface area contributed by atoms with E-state index in [-0.39, 0.29) is 0 Å². The van der Waals surface area contributed by atoms with Gasteiger partial charge >= 0.3 is 0 Å². The van der Waals surface area contributed by atoms with Gasteiger partial charge in [0.2, 0.25) is 0 Å². The first-order valence-electron chi connectivity index (χ1n) is 6.66. The fourth-order valence-electron chi connectivity index (χ4n) is 1.91. The van der Waals surface area contributed by atoms with E-state index in [1.807, 2.05) is 22.6 Å². The van der Waals surface area contributed by atoms with Crippen molar-refractivity contribution in [1.29, 1.82) is 0 Å². The summed E-state index contributed by atoms with van der Waals surface area (Å²) >= 11 is 0. The third-order valence-corrected chi connectivity index (χ3v) is 3.12. The molecule has 0 aliphatic heterocycles. The Labute approximate surface area is 113 Å². The Morgan fingerprint density at radius 1 is 1.26 bits per heavy atom. The minimum absolute atomic E-state index is 0.308. The zero-order valence-corrected chi connectivity index (χ0v) is 12.0. The van der Waals surface area contributed by atoms with Gasteiger partial charge in [-0.1, -0.05) is 13.8 Å². The summed E-state index contributed by atoms with van der Waals surface area (Å²) in [5, 5.41) is 11.8. The lowest BCUT2D eigenvalue weighted by Crippen LogP contribution is -2.14. The molecule has 2 rings (SSSR count). The highest BCUT2D eigenvalue weighted by atomic mass is 15.4. The smallest absolute Gasteiger partial charge is 0.148 e. The van der Waals surface area contributed by atoms with E-state index < -0.39 is 0 Å². The lowest BCUT2D eigenvalue weighted by atomic mass is 10.2. The molecule has 2 aromatic rings. The Bertz CT molecular complexity index is 513. The molecule has 0 amide bonds. The van der Waals surface area contributed by atoms with Crippen LogP contribution in [0.15, 0.2) is 18.7 Å². The molecule has 0 aromatic carbocycles. The number of nitrogens with zero attached hydrogens (tertiary/aromatic N) is 5. The fraction of sp³-hybridized carbons (Fsp3) is 0.615. The van der Waals surface area contributed by atoms with Crippen LogP contribution < -0.4 is 5.32 Å². The average molecular weight is 262 g/mol. The number of aromatic nitrogens is 5. The first kappa shape index (κ1) is 13.7. The number of nitrogens with one attached hydrogen (secondary N) is 1. The summed E-state index contributed by atoms with van der Waals surface area (Å²) in [6.07, 6.45) is 5.55. The first-order chi connectivity index (χ1) is 9.10. The summed E-state index contributed by atoms with van der Waals surface area (Å²) in [6.45, 7) is 8.00.